The summed E-state index contributed by atoms with van der Waals surface area (Å²) >= 11 is 6.09. The quantitative estimate of drug-likeness (QED) is 0.203. The van der Waals surface area contributed by atoms with E-state index in [4.69, 9.17) is 22.5 Å². The van der Waals surface area contributed by atoms with E-state index in [2.05, 4.69) is 15.8 Å². The monoisotopic (exact) mass is 284 g/mol. The first kappa shape index (κ1) is 15.3. The van der Waals surface area contributed by atoms with Gasteiger partial charge >= 0.3 is 0 Å². The molecular weight excluding hydrogens is 268 g/mol. The highest BCUT2D eigenvalue weighted by Gasteiger charge is 2.04. The number of carbonyl (C=O) groups is 1. The molecule has 7 heteroatoms. The Bertz CT molecular complexity index is 477. The van der Waals surface area contributed by atoms with Gasteiger partial charge in [-0.1, -0.05) is 28.9 Å². The Balaban J connectivity index is 2.49. The molecule has 0 aliphatic carbocycles. The molecule has 0 radical (unpaired) electrons. The molecule has 0 saturated carbocycles. The summed E-state index contributed by atoms with van der Waals surface area (Å²) < 4.78 is 0. The van der Waals surface area contributed by atoms with Crippen molar-refractivity contribution >= 4 is 23.3 Å². The average molecular weight is 285 g/mol. The van der Waals surface area contributed by atoms with Gasteiger partial charge in [-0.15, -0.1) is 0 Å². The number of hydrogen-bond donors (Lipinski definition) is 4. The standard InChI is InChI=1S/C12H17ClN4O2/c1-8(18)16-5-4-15-7-10-3-2-9(6-11(10)13)12(14)17-19/h2-3,6,15,19H,4-5,7H2,1H3,(H2,14,17)(H,16,18). The molecule has 0 heterocycles. The molecular formula is C12H17ClN4O2. The van der Waals surface area contributed by atoms with Crippen LogP contribution in [0.2, 0.25) is 5.02 Å². The van der Waals surface area contributed by atoms with Crippen molar-refractivity contribution in [3.8, 4) is 0 Å². The summed E-state index contributed by atoms with van der Waals surface area (Å²) in [6, 6.07) is 5.17. The van der Waals surface area contributed by atoms with Gasteiger partial charge in [0.15, 0.2) is 5.84 Å². The topological polar surface area (TPSA) is 99.7 Å². The van der Waals surface area contributed by atoms with Gasteiger partial charge in [-0.2, -0.15) is 0 Å². The van der Waals surface area contributed by atoms with Crippen LogP contribution >= 0.6 is 11.6 Å². The average Bonchev–Trinajstić information content (AvgIpc) is 2.38. The molecule has 6 nitrogen and oxygen atoms in total. The summed E-state index contributed by atoms with van der Waals surface area (Å²) in [5, 5.41) is 17.9. The zero-order chi connectivity index (χ0) is 14.3. The van der Waals surface area contributed by atoms with Crippen molar-refractivity contribution < 1.29 is 10.0 Å². The molecule has 1 amide bonds. The maximum Gasteiger partial charge on any atom is 0.216 e. The number of carbonyl (C=O) groups excluding carboxylic acids is 1. The van der Waals surface area contributed by atoms with E-state index in [9.17, 15) is 4.79 Å². The molecule has 1 aromatic carbocycles. The van der Waals surface area contributed by atoms with Gasteiger partial charge in [0.2, 0.25) is 5.91 Å². The van der Waals surface area contributed by atoms with E-state index >= 15 is 0 Å². The van der Waals surface area contributed by atoms with Crippen molar-refractivity contribution in [3.63, 3.8) is 0 Å². The van der Waals surface area contributed by atoms with Crippen molar-refractivity contribution in [1.82, 2.24) is 10.6 Å². The zero-order valence-electron chi connectivity index (χ0n) is 10.6. The third kappa shape index (κ3) is 5.15. The molecule has 104 valence electrons. The van der Waals surface area contributed by atoms with Gasteiger partial charge in [0, 0.05) is 37.1 Å². The van der Waals surface area contributed by atoms with Crippen molar-refractivity contribution in [2.75, 3.05) is 13.1 Å². The summed E-state index contributed by atoms with van der Waals surface area (Å²) in [5.74, 6) is -0.0324. The lowest BCUT2D eigenvalue weighted by Crippen LogP contribution is -2.29. The van der Waals surface area contributed by atoms with Crippen molar-refractivity contribution in [3.05, 3.63) is 34.3 Å². The molecule has 0 fully saturated rings. The molecule has 5 N–H and O–H groups in total. The van der Waals surface area contributed by atoms with Gasteiger partial charge in [-0.05, 0) is 11.6 Å². The fourth-order valence-electron chi connectivity index (χ4n) is 1.46. The second-order valence-electron chi connectivity index (χ2n) is 3.95. The number of rotatable bonds is 6. The number of amides is 1. The Morgan fingerprint density at radius 2 is 2.21 bits per heavy atom. The van der Waals surface area contributed by atoms with Crippen molar-refractivity contribution in [1.29, 1.82) is 0 Å². The Morgan fingerprint density at radius 3 is 2.79 bits per heavy atom. The summed E-state index contributed by atoms with van der Waals surface area (Å²) in [4.78, 5) is 10.7. The van der Waals surface area contributed by atoms with Crippen LogP contribution in [0.4, 0.5) is 0 Å². The molecule has 0 aliphatic rings. The number of nitrogens with zero attached hydrogens (tertiary/aromatic N) is 1. The SMILES string of the molecule is CC(=O)NCCNCc1ccc(/C(N)=N/O)cc1Cl. The van der Waals surface area contributed by atoms with Gasteiger partial charge in [-0.25, -0.2) is 0 Å². The van der Waals surface area contributed by atoms with Crippen molar-refractivity contribution in [2.24, 2.45) is 10.9 Å². The zero-order valence-corrected chi connectivity index (χ0v) is 11.4. The van der Waals surface area contributed by atoms with Crippen LogP contribution in [0.5, 0.6) is 0 Å². The van der Waals surface area contributed by atoms with E-state index in [1.165, 1.54) is 6.92 Å². The minimum atomic E-state index is -0.0528. The number of hydrogen-bond acceptors (Lipinski definition) is 4. The van der Waals surface area contributed by atoms with Gasteiger partial charge in [-0.3, -0.25) is 4.79 Å². The minimum absolute atomic E-state index is 0.0204. The Morgan fingerprint density at radius 1 is 1.47 bits per heavy atom. The highest BCUT2D eigenvalue weighted by Crippen LogP contribution is 2.17. The van der Waals surface area contributed by atoms with Crippen LogP contribution in [0.3, 0.4) is 0 Å². The number of nitrogens with one attached hydrogen (secondary N) is 2. The van der Waals surface area contributed by atoms with Crippen LogP contribution in [0.15, 0.2) is 23.4 Å². The van der Waals surface area contributed by atoms with E-state index in [1.807, 2.05) is 0 Å². The van der Waals surface area contributed by atoms with Crippen molar-refractivity contribution in [2.45, 2.75) is 13.5 Å². The minimum Gasteiger partial charge on any atom is -0.409 e. The summed E-state index contributed by atoms with van der Waals surface area (Å²) in [6.07, 6.45) is 0. The number of benzene rings is 1. The number of halogens is 1. The number of nitrogens with two attached hydrogens (primary N) is 1. The molecule has 0 unspecified atom stereocenters. The van der Waals surface area contributed by atoms with E-state index < -0.39 is 0 Å². The predicted molar refractivity (Wildman–Crippen MR) is 74.4 cm³/mol. The second-order valence-corrected chi connectivity index (χ2v) is 4.36. The van der Waals surface area contributed by atoms with Crippen LogP contribution in [-0.4, -0.2) is 30.0 Å². The molecule has 1 rings (SSSR count). The van der Waals surface area contributed by atoms with Gasteiger partial charge < -0.3 is 21.6 Å². The smallest absolute Gasteiger partial charge is 0.216 e. The van der Waals surface area contributed by atoms with Crippen LogP contribution in [0, 0.1) is 0 Å². The van der Waals surface area contributed by atoms with Gasteiger partial charge in [0.25, 0.3) is 0 Å². The molecule has 0 atom stereocenters. The van der Waals surface area contributed by atoms with Crippen LogP contribution < -0.4 is 16.4 Å². The highest BCUT2D eigenvalue weighted by atomic mass is 35.5. The largest absolute Gasteiger partial charge is 0.409 e. The highest BCUT2D eigenvalue weighted by molar-refractivity contribution is 6.31. The molecule has 1 aromatic rings. The summed E-state index contributed by atoms with van der Waals surface area (Å²) in [6.45, 7) is 3.27. The lowest BCUT2D eigenvalue weighted by molar-refractivity contribution is -0.118. The Hall–Kier alpha value is -1.79. The van der Waals surface area contributed by atoms with Crippen LogP contribution in [0.1, 0.15) is 18.1 Å². The number of amidine groups is 1. The summed E-state index contributed by atoms with van der Waals surface area (Å²) in [7, 11) is 0. The second kappa shape index (κ2) is 7.60. The summed E-state index contributed by atoms with van der Waals surface area (Å²) in [5.41, 5.74) is 6.93. The first-order valence-corrected chi connectivity index (χ1v) is 6.14. The first-order valence-electron chi connectivity index (χ1n) is 5.76. The maximum atomic E-state index is 10.7. The van der Waals surface area contributed by atoms with Gasteiger partial charge in [0.1, 0.15) is 0 Å². The maximum absolute atomic E-state index is 10.7. The van der Waals surface area contributed by atoms with Crippen LogP contribution in [0.25, 0.3) is 0 Å². The Labute approximate surface area is 116 Å². The number of oxime groups is 1. The molecule has 0 aliphatic heterocycles. The fraction of sp³-hybridized carbons (Fsp3) is 0.333. The lowest BCUT2D eigenvalue weighted by atomic mass is 10.1. The van der Waals surface area contributed by atoms with Crippen LogP contribution in [-0.2, 0) is 11.3 Å². The van der Waals surface area contributed by atoms with E-state index in [0.717, 1.165) is 5.56 Å². The normalized spacial score (nSPS) is 11.4. The molecule has 19 heavy (non-hydrogen) atoms. The molecule has 0 spiro atoms. The molecule has 0 bridgehead atoms. The fourth-order valence-corrected chi connectivity index (χ4v) is 1.71. The van der Waals surface area contributed by atoms with E-state index in [0.29, 0.717) is 30.2 Å². The van der Waals surface area contributed by atoms with Gasteiger partial charge in [0.05, 0.1) is 0 Å². The lowest BCUT2D eigenvalue weighted by Gasteiger charge is -2.08. The first-order chi connectivity index (χ1) is 9.04. The third-order valence-corrected chi connectivity index (χ3v) is 2.80. The van der Waals surface area contributed by atoms with E-state index in [-0.39, 0.29) is 11.7 Å². The molecule has 0 saturated heterocycles. The Kier molecular flexibility index (Phi) is 6.11. The molecule has 0 aromatic heterocycles. The predicted octanol–water partition coefficient (Wildman–Crippen LogP) is 0.660. The third-order valence-electron chi connectivity index (χ3n) is 2.45. The van der Waals surface area contributed by atoms with E-state index in [1.54, 1.807) is 18.2 Å².